The molecule has 0 saturated heterocycles. The van der Waals surface area contributed by atoms with Gasteiger partial charge in [-0.2, -0.15) is 0 Å². The lowest BCUT2D eigenvalue weighted by Crippen LogP contribution is -2.23. The molecule has 0 unspecified atom stereocenters. The molecule has 0 saturated carbocycles. The standard InChI is InChI=1S/C19H17N3O5S.3C2H6.CH5N/c1-20-19(26)16-15-17(25)13(10-12(23)18(15)27-22-16)28-9-5-8-14(24)21-11-6-3-2-4-7-11;4*1-2/h2-4,6-7,10H,5,8-9H2,1H3,(H,20,26)(H,21,24);3*1-2H3;2H2,1H3. The summed E-state index contributed by atoms with van der Waals surface area (Å²) < 4.78 is 4.87. The number of Topliss-reactive ketones (excluding diaryl/α,β-unsaturated/α-hetero) is 1. The van der Waals surface area contributed by atoms with Gasteiger partial charge in [0, 0.05) is 25.2 Å². The van der Waals surface area contributed by atoms with Crippen molar-refractivity contribution in [2.24, 2.45) is 5.73 Å². The van der Waals surface area contributed by atoms with Gasteiger partial charge in [0.2, 0.25) is 23.2 Å². The van der Waals surface area contributed by atoms with E-state index in [0.717, 1.165) is 17.4 Å². The molecular formula is C26H40N4O5S. The van der Waals surface area contributed by atoms with Crippen molar-refractivity contribution < 1.29 is 23.7 Å². The number of allylic oxidation sites excluding steroid dienone is 2. The van der Waals surface area contributed by atoms with Crippen LogP contribution in [0.15, 0.2) is 45.8 Å². The summed E-state index contributed by atoms with van der Waals surface area (Å²) in [6.07, 6.45) is 1.97. The number of hydrogen-bond acceptors (Lipinski definition) is 8. The molecule has 9 nitrogen and oxygen atoms in total. The smallest absolute Gasteiger partial charge is 0.274 e. The highest BCUT2D eigenvalue weighted by molar-refractivity contribution is 8.04. The first-order chi connectivity index (χ1) is 17.5. The molecule has 1 heterocycles. The number of carbonyl (C=O) groups excluding carboxylic acids is 4. The third-order valence-electron chi connectivity index (χ3n) is 3.93. The van der Waals surface area contributed by atoms with E-state index >= 15 is 0 Å². The third kappa shape index (κ3) is 10.6. The monoisotopic (exact) mass is 520 g/mol. The van der Waals surface area contributed by atoms with Gasteiger partial charge in [0.15, 0.2) is 5.69 Å². The van der Waals surface area contributed by atoms with Crippen molar-refractivity contribution in [1.29, 1.82) is 0 Å². The van der Waals surface area contributed by atoms with Gasteiger partial charge in [-0.3, -0.25) is 19.2 Å². The first-order valence-electron chi connectivity index (χ1n) is 12.1. The Kier molecular flexibility index (Phi) is 20.4. The molecule has 1 aromatic heterocycles. The molecule has 2 amide bonds. The van der Waals surface area contributed by atoms with Gasteiger partial charge in [0.05, 0.1) is 4.91 Å². The van der Waals surface area contributed by atoms with Gasteiger partial charge < -0.3 is 20.9 Å². The second-order valence-corrected chi connectivity index (χ2v) is 7.02. The first-order valence-corrected chi connectivity index (χ1v) is 13.1. The Morgan fingerprint density at radius 3 is 2.14 bits per heavy atom. The van der Waals surface area contributed by atoms with Crippen LogP contribution in [0.4, 0.5) is 5.69 Å². The number of nitrogens with two attached hydrogens (primary N) is 1. The summed E-state index contributed by atoms with van der Waals surface area (Å²) in [4.78, 5) is 48.7. The Morgan fingerprint density at radius 1 is 1.00 bits per heavy atom. The molecule has 0 spiro atoms. The molecule has 0 aliphatic heterocycles. The van der Waals surface area contributed by atoms with Crippen molar-refractivity contribution in [1.82, 2.24) is 10.5 Å². The van der Waals surface area contributed by atoms with Crippen LogP contribution in [0.25, 0.3) is 0 Å². The number of anilines is 1. The van der Waals surface area contributed by atoms with E-state index in [0.29, 0.717) is 12.2 Å². The Hall–Kier alpha value is -3.24. The van der Waals surface area contributed by atoms with Gasteiger partial charge in [-0.15, -0.1) is 11.8 Å². The van der Waals surface area contributed by atoms with Gasteiger partial charge >= 0.3 is 0 Å². The average molecular weight is 521 g/mol. The zero-order valence-electron chi connectivity index (χ0n) is 22.6. The molecule has 1 aliphatic carbocycles. The van der Waals surface area contributed by atoms with Crippen molar-refractivity contribution in [3.05, 3.63) is 58.3 Å². The third-order valence-corrected chi connectivity index (χ3v) is 5.04. The molecule has 200 valence electrons. The number of nitrogens with one attached hydrogen (secondary N) is 2. The van der Waals surface area contributed by atoms with Gasteiger partial charge in [-0.1, -0.05) is 64.9 Å². The lowest BCUT2D eigenvalue weighted by Gasteiger charge is -2.10. The Labute approximate surface area is 218 Å². The zero-order chi connectivity index (χ0) is 28.1. The molecule has 2 aromatic rings. The highest BCUT2D eigenvalue weighted by Crippen LogP contribution is 2.31. The predicted molar refractivity (Wildman–Crippen MR) is 148 cm³/mol. The number of fused-ring (bicyclic) bond motifs is 1. The number of aromatic nitrogens is 1. The fourth-order valence-corrected chi connectivity index (χ4v) is 3.51. The van der Waals surface area contributed by atoms with Crippen LogP contribution in [0.3, 0.4) is 0 Å². The molecule has 0 atom stereocenters. The van der Waals surface area contributed by atoms with Gasteiger partial charge in [0.1, 0.15) is 5.56 Å². The fourth-order valence-electron chi connectivity index (χ4n) is 2.58. The van der Waals surface area contributed by atoms with Crippen molar-refractivity contribution in [2.75, 3.05) is 25.2 Å². The molecule has 4 N–H and O–H groups in total. The molecule has 0 bridgehead atoms. The van der Waals surface area contributed by atoms with Crippen LogP contribution < -0.4 is 16.4 Å². The predicted octanol–water partition coefficient (Wildman–Crippen LogP) is 5.10. The number of carbonyl (C=O) groups is 4. The second kappa shape index (κ2) is 21.1. The van der Waals surface area contributed by atoms with E-state index in [1.165, 1.54) is 20.2 Å². The summed E-state index contributed by atoms with van der Waals surface area (Å²) in [6, 6.07) is 9.11. The van der Waals surface area contributed by atoms with Gasteiger partial charge in [0.25, 0.3) is 5.91 Å². The fraction of sp³-hybridized carbons (Fsp3) is 0.423. The quantitative estimate of drug-likeness (QED) is 0.428. The molecule has 3 rings (SSSR count). The summed E-state index contributed by atoms with van der Waals surface area (Å²) >= 11 is 1.16. The van der Waals surface area contributed by atoms with Crippen LogP contribution in [0, 0.1) is 0 Å². The normalized spacial score (nSPS) is 10.8. The minimum atomic E-state index is -0.602. The number of benzene rings is 1. The zero-order valence-corrected chi connectivity index (χ0v) is 23.4. The number of ketones is 2. The maximum Gasteiger partial charge on any atom is 0.274 e. The maximum atomic E-state index is 12.6. The van der Waals surface area contributed by atoms with Crippen molar-refractivity contribution >= 4 is 40.8 Å². The number of hydrogen-bond donors (Lipinski definition) is 3. The maximum absolute atomic E-state index is 12.6. The van der Waals surface area contributed by atoms with Crippen LogP contribution in [-0.4, -0.2) is 48.4 Å². The van der Waals surface area contributed by atoms with Crippen LogP contribution in [0.1, 0.15) is 85.8 Å². The number of para-hydroxylation sites is 1. The van der Waals surface area contributed by atoms with E-state index < -0.39 is 17.5 Å². The van der Waals surface area contributed by atoms with Crippen LogP contribution in [-0.2, 0) is 4.79 Å². The van der Waals surface area contributed by atoms with Crippen LogP contribution >= 0.6 is 11.8 Å². The summed E-state index contributed by atoms with van der Waals surface area (Å²) in [5, 5.41) is 8.68. The van der Waals surface area contributed by atoms with Crippen molar-refractivity contribution in [3.63, 3.8) is 0 Å². The average Bonchev–Trinajstić information content (AvgIpc) is 3.40. The lowest BCUT2D eigenvalue weighted by molar-refractivity contribution is -0.116. The molecule has 0 radical (unpaired) electrons. The second-order valence-electron chi connectivity index (χ2n) is 5.88. The Bertz CT molecular complexity index is 972. The number of thioether (sulfide) groups is 1. The summed E-state index contributed by atoms with van der Waals surface area (Å²) in [5.74, 6) is -1.49. The number of amides is 2. The minimum Gasteiger partial charge on any atom is -0.354 e. The van der Waals surface area contributed by atoms with E-state index in [1.54, 1.807) is 12.1 Å². The summed E-state index contributed by atoms with van der Waals surface area (Å²) in [5.41, 5.74) is 4.90. The van der Waals surface area contributed by atoms with E-state index in [1.807, 2.05) is 59.7 Å². The topological polar surface area (TPSA) is 144 Å². The minimum absolute atomic E-state index is 0.115. The number of nitrogens with zero attached hydrogens (tertiary/aromatic N) is 1. The van der Waals surface area contributed by atoms with E-state index in [-0.39, 0.29) is 34.3 Å². The molecule has 0 fully saturated rings. The summed E-state index contributed by atoms with van der Waals surface area (Å²) in [7, 11) is 2.89. The van der Waals surface area contributed by atoms with Crippen LogP contribution in [0.2, 0.25) is 0 Å². The molecular weight excluding hydrogens is 480 g/mol. The Morgan fingerprint density at radius 2 is 1.58 bits per heavy atom. The Balaban J connectivity index is 0. The number of rotatable bonds is 7. The van der Waals surface area contributed by atoms with Crippen LogP contribution in [0.5, 0.6) is 0 Å². The lowest BCUT2D eigenvalue weighted by atomic mass is 10.00. The SMILES string of the molecule is CC.CC.CC.CN.CNC(=O)c1noc2c1C(=O)C(SCCCC(=O)Nc1ccccc1)=CC2=O. The molecule has 36 heavy (non-hydrogen) atoms. The first kappa shape index (κ1) is 34.9. The van der Waals surface area contributed by atoms with E-state index in [9.17, 15) is 19.2 Å². The van der Waals surface area contributed by atoms with Crippen molar-refractivity contribution in [3.8, 4) is 0 Å². The van der Waals surface area contributed by atoms with Crippen molar-refractivity contribution in [2.45, 2.75) is 54.4 Å². The largest absolute Gasteiger partial charge is 0.354 e. The summed E-state index contributed by atoms with van der Waals surface area (Å²) in [6.45, 7) is 12.0. The molecule has 1 aromatic carbocycles. The highest BCUT2D eigenvalue weighted by Gasteiger charge is 2.35. The van der Waals surface area contributed by atoms with E-state index in [4.69, 9.17) is 4.52 Å². The highest BCUT2D eigenvalue weighted by atomic mass is 32.2. The van der Waals surface area contributed by atoms with E-state index in [2.05, 4.69) is 21.5 Å². The van der Waals surface area contributed by atoms with Gasteiger partial charge in [-0.25, -0.2) is 0 Å². The molecule has 1 aliphatic rings. The van der Waals surface area contributed by atoms with Gasteiger partial charge in [-0.05, 0) is 31.4 Å². The molecule has 10 heteroatoms.